The van der Waals surface area contributed by atoms with Crippen LogP contribution < -0.4 is 20.1 Å². The molecule has 0 bridgehead atoms. The van der Waals surface area contributed by atoms with E-state index in [0.717, 1.165) is 37.4 Å². The van der Waals surface area contributed by atoms with Gasteiger partial charge in [-0.3, -0.25) is 4.79 Å². The van der Waals surface area contributed by atoms with Crippen molar-refractivity contribution in [3.05, 3.63) is 23.8 Å². The summed E-state index contributed by atoms with van der Waals surface area (Å²) in [7, 11) is 5.11. The molecule has 0 spiro atoms. The Labute approximate surface area is 192 Å². The van der Waals surface area contributed by atoms with Crippen molar-refractivity contribution in [1.82, 2.24) is 15.5 Å². The maximum Gasteiger partial charge on any atom is 0.243 e. The second-order valence-electron chi connectivity index (χ2n) is 7.18. The molecular weight excluding hydrogens is 483 g/mol. The summed E-state index contributed by atoms with van der Waals surface area (Å²) in [6.07, 6.45) is 1.84. The molecule has 0 fully saturated rings. The number of nitrogens with zero attached hydrogens (tertiary/aromatic N) is 2. The fraction of sp³-hybridized carbons (Fsp3) is 0.619. The van der Waals surface area contributed by atoms with Crippen molar-refractivity contribution in [3.63, 3.8) is 0 Å². The topological polar surface area (TPSA) is 75.2 Å². The maximum absolute atomic E-state index is 11.8. The molecule has 1 amide bonds. The standard InChI is InChI=1S/C21H36N4O3.HI/c1-7-28-19-13-17(10-11-18(19)27-6)9-8-12-22-21(23-14-16(2)3)24-15-20(26)25(4)5;/h10-11,13,16H,7-9,12,14-15H2,1-6H3,(H2,22,23,24);1H. The zero-order valence-corrected chi connectivity index (χ0v) is 20.9. The fourth-order valence-electron chi connectivity index (χ4n) is 2.41. The first-order valence-corrected chi connectivity index (χ1v) is 9.89. The number of likely N-dealkylation sites (N-methyl/N-ethyl adjacent to an activating group) is 1. The monoisotopic (exact) mass is 520 g/mol. The fourth-order valence-corrected chi connectivity index (χ4v) is 2.41. The van der Waals surface area contributed by atoms with Gasteiger partial charge in [-0.25, -0.2) is 4.99 Å². The quantitative estimate of drug-likeness (QED) is 0.203. The number of methoxy groups -OCH3 is 1. The van der Waals surface area contributed by atoms with Gasteiger partial charge < -0.3 is 25.0 Å². The highest BCUT2D eigenvalue weighted by atomic mass is 127. The number of guanidine groups is 1. The third-order valence-electron chi connectivity index (χ3n) is 4.01. The van der Waals surface area contributed by atoms with Gasteiger partial charge in [0.25, 0.3) is 0 Å². The summed E-state index contributed by atoms with van der Waals surface area (Å²) in [6, 6.07) is 6.03. The molecule has 1 rings (SSSR count). The molecule has 0 aliphatic heterocycles. The largest absolute Gasteiger partial charge is 0.493 e. The van der Waals surface area contributed by atoms with Gasteiger partial charge in [0.2, 0.25) is 5.91 Å². The minimum atomic E-state index is -0.0210. The molecule has 29 heavy (non-hydrogen) atoms. The average Bonchev–Trinajstić information content (AvgIpc) is 2.66. The first kappa shape index (κ1) is 27.3. The zero-order chi connectivity index (χ0) is 20.9. The molecule has 0 aromatic heterocycles. The minimum absolute atomic E-state index is 0. The second-order valence-corrected chi connectivity index (χ2v) is 7.18. The second kappa shape index (κ2) is 15.2. The number of hydrogen-bond acceptors (Lipinski definition) is 4. The van der Waals surface area contributed by atoms with E-state index in [4.69, 9.17) is 9.47 Å². The highest BCUT2D eigenvalue weighted by molar-refractivity contribution is 14.0. The molecule has 8 heteroatoms. The van der Waals surface area contributed by atoms with Gasteiger partial charge in [0, 0.05) is 27.2 Å². The van der Waals surface area contributed by atoms with E-state index in [2.05, 4.69) is 35.5 Å². The number of aliphatic imine (C=N–C) groups is 1. The molecule has 0 aliphatic rings. The molecule has 0 unspecified atom stereocenters. The lowest BCUT2D eigenvalue weighted by Gasteiger charge is -2.15. The summed E-state index contributed by atoms with van der Waals surface area (Å²) in [5.74, 6) is 2.67. The minimum Gasteiger partial charge on any atom is -0.493 e. The van der Waals surface area contributed by atoms with E-state index in [9.17, 15) is 4.79 Å². The Morgan fingerprint density at radius 1 is 1.21 bits per heavy atom. The molecule has 0 aliphatic carbocycles. The highest BCUT2D eigenvalue weighted by Gasteiger charge is 2.07. The first-order chi connectivity index (χ1) is 13.4. The van der Waals surface area contributed by atoms with Crippen LogP contribution in [0.25, 0.3) is 0 Å². The van der Waals surface area contributed by atoms with E-state index in [1.807, 2.05) is 19.1 Å². The smallest absolute Gasteiger partial charge is 0.243 e. The number of hydrogen-bond donors (Lipinski definition) is 2. The molecule has 0 radical (unpaired) electrons. The number of rotatable bonds is 11. The Kier molecular flexibility index (Phi) is 14.3. The van der Waals surface area contributed by atoms with E-state index in [0.29, 0.717) is 18.5 Å². The molecule has 1 aromatic carbocycles. The Morgan fingerprint density at radius 2 is 1.93 bits per heavy atom. The lowest BCUT2D eigenvalue weighted by atomic mass is 10.1. The number of carbonyl (C=O) groups is 1. The molecule has 166 valence electrons. The number of halogens is 1. The van der Waals surface area contributed by atoms with Crippen molar-refractivity contribution in [2.45, 2.75) is 33.6 Å². The van der Waals surface area contributed by atoms with Crippen molar-refractivity contribution in [1.29, 1.82) is 0 Å². The van der Waals surface area contributed by atoms with Gasteiger partial charge >= 0.3 is 0 Å². The van der Waals surface area contributed by atoms with Crippen LogP contribution in [0.3, 0.4) is 0 Å². The maximum atomic E-state index is 11.8. The van der Waals surface area contributed by atoms with E-state index >= 15 is 0 Å². The third kappa shape index (κ3) is 11.2. The predicted molar refractivity (Wildman–Crippen MR) is 130 cm³/mol. The Balaban J connectivity index is 0.00000784. The number of ether oxygens (including phenoxy) is 2. The van der Waals surface area contributed by atoms with Crippen LogP contribution in [-0.4, -0.2) is 64.2 Å². The van der Waals surface area contributed by atoms with Crippen LogP contribution in [0.4, 0.5) is 0 Å². The van der Waals surface area contributed by atoms with Crippen molar-refractivity contribution >= 4 is 35.8 Å². The summed E-state index contributed by atoms with van der Waals surface area (Å²) >= 11 is 0. The van der Waals surface area contributed by atoms with Crippen molar-refractivity contribution in [2.24, 2.45) is 10.9 Å². The SMILES string of the molecule is CCOc1cc(CCCNC(=NCC(=O)N(C)C)NCC(C)C)ccc1OC.I. The van der Waals surface area contributed by atoms with Crippen LogP contribution in [0.2, 0.25) is 0 Å². The predicted octanol–water partition coefficient (Wildman–Crippen LogP) is 2.92. The van der Waals surface area contributed by atoms with Crippen LogP contribution in [-0.2, 0) is 11.2 Å². The summed E-state index contributed by atoms with van der Waals surface area (Å²) < 4.78 is 11.0. The van der Waals surface area contributed by atoms with Gasteiger partial charge in [-0.2, -0.15) is 0 Å². The molecule has 0 saturated carbocycles. The molecule has 2 N–H and O–H groups in total. The van der Waals surface area contributed by atoms with Crippen molar-refractivity contribution < 1.29 is 14.3 Å². The lowest BCUT2D eigenvalue weighted by molar-refractivity contribution is -0.127. The number of amides is 1. The van der Waals surface area contributed by atoms with Crippen LogP contribution in [0.1, 0.15) is 32.8 Å². The molecule has 0 atom stereocenters. The van der Waals surface area contributed by atoms with E-state index in [1.165, 1.54) is 5.56 Å². The van der Waals surface area contributed by atoms with Crippen LogP contribution in [0.15, 0.2) is 23.2 Å². The number of carbonyl (C=O) groups excluding carboxylic acids is 1. The Hall–Kier alpha value is -1.71. The molecule has 0 heterocycles. The lowest BCUT2D eigenvalue weighted by Crippen LogP contribution is -2.40. The molecule has 0 saturated heterocycles. The van der Waals surface area contributed by atoms with E-state index in [-0.39, 0.29) is 36.4 Å². The zero-order valence-electron chi connectivity index (χ0n) is 18.6. The average molecular weight is 520 g/mol. The summed E-state index contributed by atoms with van der Waals surface area (Å²) in [6.45, 7) is 8.53. The van der Waals surface area contributed by atoms with Crippen LogP contribution in [0.5, 0.6) is 11.5 Å². The normalized spacial score (nSPS) is 10.9. The Morgan fingerprint density at radius 3 is 2.52 bits per heavy atom. The number of aryl methyl sites for hydroxylation is 1. The summed E-state index contributed by atoms with van der Waals surface area (Å²) in [4.78, 5) is 17.7. The van der Waals surface area contributed by atoms with Gasteiger partial charge in [0.15, 0.2) is 17.5 Å². The number of benzene rings is 1. The van der Waals surface area contributed by atoms with Crippen LogP contribution in [0, 0.1) is 5.92 Å². The third-order valence-corrected chi connectivity index (χ3v) is 4.01. The van der Waals surface area contributed by atoms with Gasteiger partial charge in [-0.05, 0) is 43.4 Å². The van der Waals surface area contributed by atoms with Gasteiger partial charge in [0.1, 0.15) is 6.54 Å². The van der Waals surface area contributed by atoms with Gasteiger partial charge in [-0.1, -0.05) is 19.9 Å². The molecular formula is C21H37IN4O3. The van der Waals surface area contributed by atoms with Crippen LogP contribution >= 0.6 is 24.0 Å². The van der Waals surface area contributed by atoms with Crippen molar-refractivity contribution in [2.75, 3.05) is 47.4 Å². The van der Waals surface area contributed by atoms with Gasteiger partial charge in [0.05, 0.1) is 13.7 Å². The molecule has 1 aromatic rings. The summed E-state index contributed by atoms with van der Waals surface area (Å²) in [5, 5.41) is 6.60. The van der Waals surface area contributed by atoms with E-state index < -0.39 is 0 Å². The first-order valence-electron chi connectivity index (χ1n) is 9.89. The Bertz CT molecular complexity index is 636. The van der Waals surface area contributed by atoms with Gasteiger partial charge in [-0.15, -0.1) is 24.0 Å². The van der Waals surface area contributed by atoms with E-state index in [1.54, 1.807) is 26.1 Å². The number of nitrogens with one attached hydrogen (secondary N) is 2. The molecule has 7 nitrogen and oxygen atoms in total. The summed E-state index contributed by atoms with van der Waals surface area (Å²) in [5.41, 5.74) is 1.20. The van der Waals surface area contributed by atoms with Crippen molar-refractivity contribution in [3.8, 4) is 11.5 Å². The highest BCUT2D eigenvalue weighted by Crippen LogP contribution is 2.28.